The van der Waals surface area contributed by atoms with Crippen molar-refractivity contribution < 1.29 is 4.79 Å². The molecule has 5 N–H and O–H groups in total. The Morgan fingerprint density at radius 3 is 2.54 bits per heavy atom. The van der Waals surface area contributed by atoms with Crippen LogP contribution in [0.5, 0.6) is 0 Å². The lowest BCUT2D eigenvalue weighted by atomic mass is 10.0. The Kier molecular flexibility index (Phi) is 7.79. The molecule has 1 unspecified atom stereocenters. The lowest BCUT2D eigenvalue weighted by Gasteiger charge is -2.16. The van der Waals surface area contributed by atoms with Gasteiger partial charge in [0.2, 0.25) is 0 Å². The molecule has 2 aromatic carbocycles. The van der Waals surface area contributed by atoms with Crippen molar-refractivity contribution in [2.24, 2.45) is 5.73 Å². The Morgan fingerprint density at radius 1 is 1.11 bits per heavy atom. The zero-order chi connectivity index (χ0) is 20.7. The Bertz CT molecular complexity index is 933. The first-order valence-electron chi connectivity index (χ1n) is 9.54. The van der Waals surface area contributed by atoms with Gasteiger partial charge in [0.1, 0.15) is 0 Å². The first kappa shape index (κ1) is 21.7. The average molecular weight is 396 g/mol. The van der Waals surface area contributed by atoms with Crippen molar-refractivity contribution in [3.05, 3.63) is 76.2 Å². The number of amides is 1. The van der Waals surface area contributed by atoms with Crippen LogP contribution in [0.25, 0.3) is 10.4 Å². The predicted octanol–water partition coefficient (Wildman–Crippen LogP) is 5.28. The number of nitrogen functional groups attached to an aromatic ring is 1. The quantitative estimate of drug-likeness (QED) is 0.514. The van der Waals surface area contributed by atoms with Crippen LogP contribution in [0.3, 0.4) is 0 Å². The van der Waals surface area contributed by atoms with Gasteiger partial charge in [-0.3, -0.25) is 4.79 Å². The first-order valence-corrected chi connectivity index (χ1v) is 10.4. The minimum absolute atomic E-state index is 0.114. The smallest absolute Gasteiger partial charge is 0.252 e. The van der Waals surface area contributed by atoms with Crippen LogP contribution in [-0.2, 0) is 6.54 Å². The maximum absolute atomic E-state index is 12.6. The van der Waals surface area contributed by atoms with Crippen LogP contribution >= 0.6 is 11.3 Å². The highest BCUT2D eigenvalue weighted by molar-refractivity contribution is 7.15. The van der Waals surface area contributed by atoms with E-state index in [-0.39, 0.29) is 11.9 Å². The van der Waals surface area contributed by atoms with Crippen molar-refractivity contribution in [3.63, 3.8) is 0 Å². The van der Waals surface area contributed by atoms with E-state index < -0.39 is 0 Å². The van der Waals surface area contributed by atoms with Gasteiger partial charge in [0.05, 0.1) is 6.04 Å². The van der Waals surface area contributed by atoms with Gasteiger partial charge >= 0.3 is 0 Å². The van der Waals surface area contributed by atoms with Crippen molar-refractivity contribution in [2.75, 3.05) is 5.73 Å². The minimum atomic E-state index is -0.116. The highest BCUT2D eigenvalue weighted by atomic mass is 32.1. The molecular formula is C23H29N3OS. The number of benzene rings is 2. The zero-order valence-electron chi connectivity index (χ0n) is 17.0. The van der Waals surface area contributed by atoms with Crippen LogP contribution in [0.2, 0.25) is 0 Å². The van der Waals surface area contributed by atoms with Crippen LogP contribution in [0.1, 0.15) is 53.2 Å². The third kappa shape index (κ3) is 5.21. The average Bonchev–Trinajstić information content (AvgIpc) is 3.20. The number of hydrogen-bond donors (Lipinski definition) is 3. The van der Waals surface area contributed by atoms with Gasteiger partial charge in [-0.05, 0) is 60.9 Å². The van der Waals surface area contributed by atoms with E-state index in [1.165, 1.54) is 4.88 Å². The molecule has 1 atom stereocenters. The van der Waals surface area contributed by atoms with Crippen LogP contribution in [-0.4, -0.2) is 5.91 Å². The number of rotatable bonds is 5. The molecule has 0 radical (unpaired) electrons. The Hall–Kier alpha value is -2.63. The molecule has 0 spiro atoms. The summed E-state index contributed by atoms with van der Waals surface area (Å²) in [6, 6.07) is 17.6. The van der Waals surface area contributed by atoms with Gasteiger partial charge in [-0.15, -0.1) is 11.3 Å². The molecule has 0 aliphatic heterocycles. The van der Waals surface area contributed by atoms with Gasteiger partial charge in [0.15, 0.2) is 0 Å². The summed E-state index contributed by atoms with van der Waals surface area (Å²) in [5, 5.41) is 3.06. The monoisotopic (exact) mass is 395 g/mol. The molecule has 1 aromatic heterocycles. The fourth-order valence-electron chi connectivity index (χ4n) is 2.85. The summed E-state index contributed by atoms with van der Waals surface area (Å²) in [5.74, 6) is -0.116. The molecule has 3 aromatic rings. The second-order valence-corrected chi connectivity index (χ2v) is 7.53. The van der Waals surface area contributed by atoms with Gasteiger partial charge in [0.25, 0.3) is 5.91 Å². The summed E-state index contributed by atoms with van der Waals surface area (Å²) < 4.78 is 0. The van der Waals surface area contributed by atoms with Gasteiger partial charge in [0, 0.05) is 27.5 Å². The number of aryl methyl sites for hydroxylation is 1. The minimum Gasteiger partial charge on any atom is -0.399 e. The van der Waals surface area contributed by atoms with Crippen molar-refractivity contribution in [2.45, 2.75) is 40.3 Å². The number of anilines is 1. The largest absolute Gasteiger partial charge is 0.399 e. The maximum atomic E-state index is 12.6. The second kappa shape index (κ2) is 10.1. The molecule has 1 heterocycles. The van der Waals surface area contributed by atoms with Crippen molar-refractivity contribution in [1.82, 2.24) is 5.32 Å². The molecule has 0 fully saturated rings. The third-order valence-electron chi connectivity index (χ3n) is 4.39. The van der Waals surface area contributed by atoms with E-state index in [9.17, 15) is 4.79 Å². The van der Waals surface area contributed by atoms with Crippen molar-refractivity contribution >= 4 is 22.9 Å². The first-order chi connectivity index (χ1) is 13.5. The lowest BCUT2D eigenvalue weighted by Crippen LogP contribution is -2.27. The van der Waals surface area contributed by atoms with Gasteiger partial charge in [-0.25, -0.2) is 0 Å². The maximum Gasteiger partial charge on any atom is 0.252 e. The normalized spacial score (nSPS) is 11.3. The molecule has 28 heavy (non-hydrogen) atoms. The number of carbonyl (C=O) groups is 1. The summed E-state index contributed by atoms with van der Waals surface area (Å²) in [5.41, 5.74) is 15.8. The Labute approximate surface area is 171 Å². The van der Waals surface area contributed by atoms with Crippen molar-refractivity contribution in [3.8, 4) is 10.4 Å². The standard InChI is InChI=1S/C21H23N3OS.C2H6/c1-13-6-7-17(23)11-19(13)21(25)24-14(2)15-4-3-5-16(10-15)20-9-8-18(12-22)26-20;1-2/h3-11,14H,12,22-23H2,1-2H3,(H,24,25);1-2H3. The van der Waals surface area contributed by atoms with E-state index in [2.05, 4.69) is 29.6 Å². The van der Waals surface area contributed by atoms with Crippen LogP contribution in [0.15, 0.2) is 54.6 Å². The number of nitrogens with one attached hydrogen (secondary N) is 1. The van der Waals surface area contributed by atoms with Crippen molar-refractivity contribution in [1.29, 1.82) is 0 Å². The van der Waals surface area contributed by atoms with Crippen LogP contribution in [0, 0.1) is 6.92 Å². The van der Waals surface area contributed by atoms with Gasteiger partial charge < -0.3 is 16.8 Å². The predicted molar refractivity (Wildman–Crippen MR) is 120 cm³/mol. The molecule has 5 heteroatoms. The highest BCUT2D eigenvalue weighted by Crippen LogP contribution is 2.29. The van der Waals surface area contributed by atoms with E-state index in [0.29, 0.717) is 17.8 Å². The van der Waals surface area contributed by atoms with Gasteiger partial charge in [-0.1, -0.05) is 38.1 Å². The van der Waals surface area contributed by atoms with Crippen LogP contribution in [0.4, 0.5) is 5.69 Å². The highest BCUT2D eigenvalue weighted by Gasteiger charge is 2.14. The van der Waals surface area contributed by atoms with Crippen LogP contribution < -0.4 is 16.8 Å². The molecule has 0 aliphatic rings. The summed E-state index contributed by atoms with van der Waals surface area (Å²) >= 11 is 1.69. The molecule has 0 saturated carbocycles. The number of nitrogens with two attached hydrogens (primary N) is 2. The molecule has 4 nitrogen and oxygen atoms in total. The number of carbonyl (C=O) groups excluding carboxylic acids is 1. The SMILES string of the molecule is CC.Cc1ccc(N)cc1C(=O)NC(C)c1cccc(-c2ccc(CN)s2)c1. The molecule has 3 rings (SSSR count). The molecule has 0 aliphatic carbocycles. The second-order valence-electron chi connectivity index (χ2n) is 6.37. The van der Waals surface area contributed by atoms with Gasteiger partial charge in [-0.2, -0.15) is 0 Å². The molecule has 0 saturated heterocycles. The van der Waals surface area contributed by atoms with E-state index in [1.807, 2.05) is 45.9 Å². The summed E-state index contributed by atoms with van der Waals surface area (Å²) in [7, 11) is 0. The van der Waals surface area contributed by atoms with E-state index >= 15 is 0 Å². The lowest BCUT2D eigenvalue weighted by molar-refractivity contribution is 0.0939. The summed E-state index contributed by atoms with van der Waals surface area (Å²) in [4.78, 5) is 15.0. The molecule has 1 amide bonds. The molecular weight excluding hydrogens is 366 g/mol. The molecule has 0 bridgehead atoms. The summed E-state index contributed by atoms with van der Waals surface area (Å²) in [6.07, 6.45) is 0. The van der Waals surface area contributed by atoms with E-state index in [0.717, 1.165) is 21.6 Å². The Balaban J connectivity index is 0.00000136. The van der Waals surface area contributed by atoms with E-state index in [1.54, 1.807) is 23.5 Å². The molecule has 148 valence electrons. The third-order valence-corrected chi connectivity index (χ3v) is 5.54. The Morgan fingerprint density at radius 2 is 1.86 bits per heavy atom. The topological polar surface area (TPSA) is 81.1 Å². The number of thiophene rings is 1. The van der Waals surface area contributed by atoms with E-state index in [4.69, 9.17) is 11.5 Å². The zero-order valence-corrected chi connectivity index (χ0v) is 17.8. The number of hydrogen-bond acceptors (Lipinski definition) is 4. The fourth-order valence-corrected chi connectivity index (χ4v) is 3.73. The fraction of sp³-hybridized carbons (Fsp3) is 0.261. The summed E-state index contributed by atoms with van der Waals surface area (Å²) in [6.45, 7) is 8.44.